The smallest absolute Gasteiger partial charge is 0.148 e. The highest BCUT2D eigenvalue weighted by Gasteiger charge is 1.99. The van der Waals surface area contributed by atoms with Gasteiger partial charge in [-0.05, 0) is 24.6 Å². The normalized spacial score (nSPS) is 8.73. The van der Waals surface area contributed by atoms with Crippen molar-refractivity contribution >= 4 is 0 Å². The Morgan fingerprint density at radius 1 is 1.00 bits per heavy atom. The minimum absolute atomic E-state index is 0.248. The summed E-state index contributed by atoms with van der Waals surface area (Å²) >= 11 is 0. The van der Waals surface area contributed by atoms with Crippen LogP contribution in [0, 0.1) is 31.6 Å². The highest BCUT2D eigenvalue weighted by atomic mass is 16.5. The van der Waals surface area contributed by atoms with Crippen molar-refractivity contribution in [3.05, 3.63) is 23.8 Å². The second-order valence-corrected chi connectivity index (χ2v) is 2.97. The molecule has 0 saturated heterocycles. The van der Waals surface area contributed by atoms with E-state index in [4.69, 9.17) is 22.3 Å². The zero-order chi connectivity index (χ0) is 11.1. The lowest BCUT2D eigenvalue weighted by atomic mass is 10.2. The van der Waals surface area contributed by atoms with Gasteiger partial charge in [-0.3, -0.25) is 0 Å². The van der Waals surface area contributed by atoms with Crippen molar-refractivity contribution in [1.82, 2.24) is 0 Å². The van der Waals surface area contributed by atoms with Gasteiger partial charge in [0.1, 0.15) is 24.7 Å². The molecular weight excluding hydrogens is 188 g/mol. The van der Waals surface area contributed by atoms with Crippen molar-refractivity contribution in [3.8, 4) is 36.2 Å². The van der Waals surface area contributed by atoms with E-state index in [9.17, 15) is 0 Å². The van der Waals surface area contributed by atoms with Gasteiger partial charge in [-0.25, -0.2) is 0 Å². The monoisotopic (exact) mass is 200 g/mol. The molecule has 0 amide bonds. The van der Waals surface area contributed by atoms with E-state index >= 15 is 0 Å². The summed E-state index contributed by atoms with van der Waals surface area (Å²) in [6.07, 6.45) is 10.2. The van der Waals surface area contributed by atoms with E-state index in [-0.39, 0.29) is 13.2 Å². The van der Waals surface area contributed by atoms with E-state index < -0.39 is 0 Å². The van der Waals surface area contributed by atoms with Gasteiger partial charge in [0.2, 0.25) is 0 Å². The Hall–Kier alpha value is -2.06. The Morgan fingerprint density at radius 2 is 1.47 bits per heavy atom. The minimum Gasteiger partial charge on any atom is -0.481 e. The van der Waals surface area contributed by atoms with Gasteiger partial charge < -0.3 is 9.47 Å². The highest BCUT2D eigenvalue weighted by molar-refractivity contribution is 5.38. The molecule has 0 heterocycles. The highest BCUT2D eigenvalue weighted by Crippen LogP contribution is 2.22. The molecule has 0 bridgehead atoms. The Balaban J connectivity index is 2.77. The number of hydrogen-bond acceptors (Lipinski definition) is 2. The molecule has 0 atom stereocenters. The second-order valence-electron chi connectivity index (χ2n) is 2.97. The molecule has 1 rings (SSSR count). The third-order valence-corrected chi connectivity index (χ3v) is 1.67. The van der Waals surface area contributed by atoms with Crippen LogP contribution in [0.1, 0.15) is 5.56 Å². The zero-order valence-corrected chi connectivity index (χ0v) is 8.62. The van der Waals surface area contributed by atoms with Crippen LogP contribution in [0.3, 0.4) is 0 Å². The first kappa shape index (κ1) is 11.0. The molecule has 2 heteroatoms. The third-order valence-electron chi connectivity index (χ3n) is 1.67. The lowest BCUT2D eigenvalue weighted by molar-refractivity contribution is 0.351. The van der Waals surface area contributed by atoms with Crippen LogP contribution in [0.4, 0.5) is 0 Å². The largest absolute Gasteiger partial charge is 0.481 e. The predicted molar refractivity (Wildman–Crippen MR) is 59.8 cm³/mol. The first-order valence-electron chi connectivity index (χ1n) is 4.50. The molecule has 2 nitrogen and oxygen atoms in total. The molecule has 0 aliphatic rings. The molecule has 0 aliphatic carbocycles. The third kappa shape index (κ3) is 3.67. The first-order chi connectivity index (χ1) is 7.26. The van der Waals surface area contributed by atoms with Gasteiger partial charge in [0, 0.05) is 6.07 Å². The quantitative estimate of drug-likeness (QED) is 0.692. The number of hydrogen-bond donors (Lipinski definition) is 0. The molecule has 0 saturated carbocycles. The zero-order valence-electron chi connectivity index (χ0n) is 8.62. The molecule has 0 fully saturated rings. The van der Waals surface area contributed by atoms with E-state index in [1.54, 1.807) is 6.07 Å². The molecule has 0 unspecified atom stereocenters. The SMILES string of the molecule is C#CCOc1cc(C)cc(OCC#C)c1. The first-order valence-corrected chi connectivity index (χ1v) is 4.50. The van der Waals surface area contributed by atoms with Crippen molar-refractivity contribution in [2.75, 3.05) is 13.2 Å². The van der Waals surface area contributed by atoms with Crippen molar-refractivity contribution < 1.29 is 9.47 Å². The van der Waals surface area contributed by atoms with Crippen LogP contribution in [-0.2, 0) is 0 Å². The number of rotatable bonds is 4. The Bertz CT molecular complexity index is 371. The number of aryl methyl sites for hydroxylation is 1. The molecule has 0 aliphatic heterocycles. The summed E-state index contributed by atoms with van der Waals surface area (Å²) in [5.41, 5.74) is 1.04. The molecule has 1 aromatic rings. The summed E-state index contributed by atoms with van der Waals surface area (Å²) in [4.78, 5) is 0. The molecule has 0 radical (unpaired) electrons. The molecule has 0 spiro atoms. The number of benzene rings is 1. The molecule has 76 valence electrons. The van der Waals surface area contributed by atoms with Gasteiger partial charge in [0.25, 0.3) is 0 Å². The van der Waals surface area contributed by atoms with Gasteiger partial charge in [-0.15, -0.1) is 12.8 Å². The summed E-state index contributed by atoms with van der Waals surface area (Å²) in [6, 6.07) is 5.54. The topological polar surface area (TPSA) is 18.5 Å². The Labute approximate surface area is 90.2 Å². The maximum atomic E-state index is 5.29. The van der Waals surface area contributed by atoms with Crippen LogP contribution in [0.15, 0.2) is 18.2 Å². The van der Waals surface area contributed by atoms with Crippen LogP contribution >= 0.6 is 0 Å². The maximum Gasteiger partial charge on any atom is 0.148 e. The summed E-state index contributed by atoms with van der Waals surface area (Å²) < 4.78 is 10.6. The predicted octanol–water partition coefficient (Wildman–Crippen LogP) is 2.02. The van der Waals surface area contributed by atoms with Crippen LogP contribution in [0.2, 0.25) is 0 Å². The summed E-state index contributed by atoms with van der Waals surface area (Å²) in [7, 11) is 0. The summed E-state index contributed by atoms with van der Waals surface area (Å²) in [5, 5.41) is 0. The molecule has 1 aromatic carbocycles. The summed E-state index contributed by atoms with van der Waals surface area (Å²) in [6.45, 7) is 2.45. The fourth-order valence-electron chi connectivity index (χ4n) is 1.13. The molecular formula is C13H12O2. The van der Waals surface area contributed by atoms with E-state index in [0.29, 0.717) is 11.5 Å². The van der Waals surface area contributed by atoms with Crippen LogP contribution in [0.25, 0.3) is 0 Å². The van der Waals surface area contributed by atoms with Crippen molar-refractivity contribution in [2.24, 2.45) is 0 Å². The van der Waals surface area contributed by atoms with E-state index in [1.807, 2.05) is 19.1 Å². The number of ether oxygens (including phenoxy) is 2. The van der Waals surface area contributed by atoms with Crippen LogP contribution in [-0.4, -0.2) is 13.2 Å². The fourth-order valence-corrected chi connectivity index (χ4v) is 1.13. The average molecular weight is 200 g/mol. The van der Waals surface area contributed by atoms with Gasteiger partial charge in [-0.1, -0.05) is 11.8 Å². The Morgan fingerprint density at radius 3 is 1.87 bits per heavy atom. The molecule has 0 aromatic heterocycles. The lowest BCUT2D eigenvalue weighted by Gasteiger charge is -2.07. The molecule has 0 N–H and O–H groups in total. The lowest BCUT2D eigenvalue weighted by Crippen LogP contribution is -1.97. The van der Waals surface area contributed by atoms with Crippen molar-refractivity contribution in [2.45, 2.75) is 6.92 Å². The fraction of sp³-hybridized carbons (Fsp3) is 0.231. The standard InChI is InChI=1S/C13H12O2/c1-4-6-14-12-8-11(3)9-13(10-12)15-7-5-2/h1-2,8-10H,6-7H2,3H3. The second kappa shape index (κ2) is 5.62. The Kier molecular flexibility index (Phi) is 4.13. The van der Waals surface area contributed by atoms with E-state index in [2.05, 4.69) is 11.8 Å². The average Bonchev–Trinajstić information content (AvgIpc) is 2.23. The van der Waals surface area contributed by atoms with Gasteiger partial charge in [0.05, 0.1) is 0 Å². The number of terminal acetylenes is 2. The minimum atomic E-state index is 0.248. The van der Waals surface area contributed by atoms with E-state index in [0.717, 1.165) is 5.56 Å². The van der Waals surface area contributed by atoms with Crippen molar-refractivity contribution in [3.63, 3.8) is 0 Å². The van der Waals surface area contributed by atoms with Crippen LogP contribution in [0.5, 0.6) is 11.5 Å². The van der Waals surface area contributed by atoms with Gasteiger partial charge >= 0.3 is 0 Å². The van der Waals surface area contributed by atoms with Crippen LogP contribution < -0.4 is 9.47 Å². The van der Waals surface area contributed by atoms with E-state index in [1.165, 1.54) is 0 Å². The van der Waals surface area contributed by atoms with Crippen molar-refractivity contribution in [1.29, 1.82) is 0 Å². The van der Waals surface area contributed by atoms with Gasteiger partial charge in [0.15, 0.2) is 0 Å². The van der Waals surface area contributed by atoms with Gasteiger partial charge in [-0.2, -0.15) is 0 Å². The maximum absolute atomic E-state index is 5.29. The molecule has 15 heavy (non-hydrogen) atoms. The summed E-state index contributed by atoms with van der Waals surface area (Å²) in [5.74, 6) is 6.19.